The van der Waals surface area contributed by atoms with E-state index in [2.05, 4.69) is 15.0 Å². The van der Waals surface area contributed by atoms with Gasteiger partial charge in [-0.1, -0.05) is 0 Å². The first kappa shape index (κ1) is 6.09. The molecular weight excluding hydrogens is 144 g/mol. The Morgan fingerprint density at radius 2 is 2.36 bits per heavy atom. The van der Waals surface area contributed by atoms with E-state index in [-0.39, 0.29) is 5.56 Å². The fourth-order valence-corrected chi connectivity index (χ4v) is 0.957. The van der Waals surface area contributed by atoms with Crippen molar-refractivity contribution in [3.63, 3.8) is 0 Å². The second kappa shape index (κ2) is 1.91. The molecule has 0 atom stereocenters. The Hall–Kier alpha value is -1.65. The number of H-pyrrole nitrogens is 1. The Kier molecular flexibility index (Phi) is 1.06. The number of nitrogens with one attached hydrogen (secondary N) is 1. The smallest absolute Gasteiger partial charge is 0.278 e. The molecule has 5 nitrogen and oxygen atoms in total. The standard InChI is InChI=1S/C6H6N4O/c1-10-3-9-4-5(10)7-2-8-6(4)11/h2-3H,1H3,(H,7,8,11). The number of aromatic nitrogens is 4. The normalized spacial score (nSPS) is 10.6. The zero-order valence-electron chi connectivity index (χ0n) is 5.90. The SMILES string of the molecule is Cn1cnc2c(=O)[nH]cnc21. The molecule has 56 valence electrons. The third kappa shape index (κ3) is 0.739. The Morgan fingerprint density at radius 1 is 1.55 bits per heavy atom. The Labute approximate surface area is 61.7 Å². The van der Waals surface area contributed by atoms with Crippen LogP contribution in [0.15, 0.2) is 17.4 Å². The third-order valence-corrected chi connectivity index (χ3v) is 1.50. The van der Waals surface area contributed by atoms with E-state index in [1.165, 1.54) is 6.33 Å². The molecule has 2 aromatic rings. The molecule has 0 aliphatic carbocycles. The summed E-state index contributed by atoms with van der Waals surface area (Å²) in [5.41, 5.74) is 0.791. The van der Waals surface area contributed by atoms with Gasteiger partial charge in [-0.15, -0.1) is 0 Å². The Morgan fingerprint density at radius 3 is 3.09 bits per heavy atom. The zero-order valence-corrected chi connectivity index (χ0v) is 5.90. The molecule has 2 rings (SSSR count). The van der Waals surface area contributed by atoms with Gasteiger partial charge in [0.25, 0.3) is 5.56 Å². The van der Waals surface area contributed by atoms with E-state index in [0.717, 1.165) is 0 Å². The van der Waals surface area contributed by atoms with Crippen LogP contribution in [0, 0.1) is 0 Å². The van der Waals surface area contributed by atoms with Crippen molar-refractivity contribution in [2.45, 2.75) is 0 Å². The molecule has 0 fully saturated rings. The molecule has 2 heterocycles. The van der Waals surface area contributed by atoms with Crippen molar-refractivity contribution in [1.29, 1.82) is 0 Å². The monoisotopic (exact) mass is 150 g/mol. The van der Waals surface area contributed by atoms with Gasteiger partial charge in [0, 0.05) is 7.05 Å². The van der Waals surface area contributed by atoms with Gasteiger partial charge in [0.05, 0.1) is 12.7 Å². The van der Waals surface area contributed by atoms with Crippen LogP contribution in [0.4, 0.5) is 0 Å². The van der Waals surface area contributed by atoms with E-state index in [9.17, 15) is 4.79 Å². The lowest BCUT2D eigenvalue weighted by Crippen LogP contribution is -2.06. The first-order valence-corrected chi connectivity index (χ1v) is 3.14. The van der Waals surface area contributed by atoms with Gasteiger partial charge >= 0.3 is 0 Å². The molecule has 0 saturated heterocycles. The van der Waals surface area contributed by atoms with E-state index >= 15 is 0 Å². The number of aryl methyl sites for hydroxylation is 1. The quantitative estimate of drug-likeness (QED) is 0.558. The summed E-state index contributed by atoms with van der Waals surface area (Å²) in [7, 11) is 1.79. The molecular formula is C6H6N4O. The van der Waals surface area contributed by atoms with E-state index < -0.39 is 0 Å². The highest BCUT2D eigenvalue weighted by Gasteiger charge is 2.02. The number of aromatic amines is 1. The first-order chi connectivity index (χ1) is 5.29. The van der Waals surface area contributed by atoms with Crippen LogP contribution in [0.25, 0.3) is 11.2 Å². The van der Waals surface area contributed by atoms with E-state index in [4.69, 9.17) is 0 Å². The topological polar surface area (TPSA) is 63.6 Å². The summed E-state index contributed by atoms with van der Waals surface area (Å²) in [5, 5.41) is 0. The number of nitrogens with zero attached hydrogens (tertiary/aromatic N) is 3. The first-order valence-electron chi connectivity index (χ1n) is 3.14. The molecule has 2 aromatic heterocycles. The van der Waals surface area contributed by atoms with Crippen LogP contribution in [-0.4, -0.2) is 19.5 Å². The number of hydrogen-bond acceptors (Lipinski definition) is 3. The van der Waals surface area contributed by atoms with Gasteiger partial charge in [0.1, 0.15) is 0 Å². The van der Waals surface area contributed by atoms with Crippen LogP contribution < -0.4 is 5.56 Å². The molecule has 0 radical (unpaired) electrons. The highest BCUT2D eigenvalue weighted by Crippen LogP contribution is 1.99. The fourth-order valence-electron chi connectivity index (χ4n) is 0.957. The molecule has 0 amide bonds. The van der Waals surface area contributed by atoms with Crippen molar-refractivity contribution in [3.8, 4) is 0 Å². The maximum atomic E-state index is 11.0. The van der Waals surface area contributed by atoms with Crippen LogP contribution in [0.5, 0.6) is 0 Å². The number of hydrogen-bond donors (Lipinski definition) is 1. The predicted molar refractivity (Wildman–Crippen MR) is 39.1 cm³/mol. The van der Waals surface area contributed by atoms with Gasteiger partial charge in [0.15, 0.2) is 11.2 Å². The van der Waals surface area contributed by atoms with Gasteiger partial charge in [-0.25, -0.2) is 9.97 Å². The maximum absolute atomic E-state index is 11.0. The summed E-state index contributed by atoms with van der Waals surface area (Å²) in [4.78, 5) is 21.3. The van der Waals surface area contributed by atoms with E-state index in [1.54, 1.807) is 17.9 Å². The van der Waals surface area contributed by atoms with Gasteiger partial charge in [-0.3, -0.25) is 4.79 Å². The van der Waals surface area contributed by atoms with Crippen molar-refractivity contribution in [1.82, 2.24) is 19.5 Å². The minimum Gasteiger partial charge on any atom is -0.318 e. The summed E-state index contributed by atoms with van der Waals surface area (Å²) in [5.74, 6) is 0. The lowest BCUT2D eigenvalue weighted by atomic mass is 10.5. The molecule has 0 aromatic carbocycles. The minimum absolute atomic E-state index is 0.199. The second-order valence-corrected chi connectivity index (χ2v) is 2.26. The minimum atomic E-state index is -0.199. The van der Waals surface area contributed by atoms with Crippen molar-refractivity contribution in [2.75, 3.05) is 0 Å². The second-order valence-electron chi connectivity index (χ2n) is 2.26. The fraction of sp³-hybridized carbons (Fsp3) is 0.167. The lowest BCUT2D eigenvalue weighted by Gasteiger charge is -1.88. The highest BCUT2D eigenvalue weighted by molar-refractivity contribution is 5.68. The van der Waals surface area contributed by atoms with Crippen LogP contribution in [0.3, 0.4) is 0 Å². The van der Waals surface area contributed by atoms with Gasteiger partial charge in [0.2, 0.25) is 0 Å². The van der Waals surface area contributed by atoms with Crippen molar-refractivity contribution < 1.29 is 0 Å². The third-order valence-electron chi connectivity index (χ3n) is 1.50. The van der Waals surface area contributed by atoms with Crippen LogP contribution in [-0.2, 0) is 7.05 Å². The van der Waals surface area contributed by atoms with Crippen molar-refractivity contribution >= 4 is 11.2 Å². The lowest BCUT2D eigenvalue weighted by molar-refractivity contribution is 0.927. The van der Waals surface area contributed by atoms with Crippen molar-refractivity contribution in [3.05, 3.63) is 23.0 Å². The molecule has 11 heavy (non-hydrogen) atoms. The van der Waals surface area contributed by atoms with Crippen LogP contribution in [0.1, 0.15) is 0 Å². The molecule has 0 unspecified atom stereocenters. The maximum Gasteiger partial charge on any atom is 0.278 e. The van der Waals surface area contributed by atoms with Crippen LogP contribution >= 0.6 is 0 Å². The average Bonchev–Trinajstić information content (AvgIpc) is 2.35. The summed E-state index contributed by atoms with van der Waals surface area (Å²) in [6.07, 6.45) is 2.93. The number of fused-ring (bicyclic) bond motifs is 1. The summed E-state index contributed by atoms with van der Waals surface area (Å²) in [6.45, 7) is 0. The van der Waals surface area contributed by atoms with Gasteiger partial charge in [-0.2, -0.15) is 0 Å². The molecule has 0 bridgehead atoms. The van der Waals surface area contributed by atoms with E-state index in [0.29, 0.717) is 11.2 Å². The largest absolute Gasteiger partial charge is 0.318 e. The van der Waals surface area contributed by atoms with Gasteiger partial charge in [-0.05, 0) is 0 Å². The van der Waals surface area contributed by atoms with Gasteiger partial charge < -0.3 is 9.55 Å². The van der Waals surface area contributed by atoms with Crippen molar-refractivity contribution in [2.24, 2.45) is 7.05 Å². The zero-order chi connectivity index (χ0) is 7.84. The number of rotatable bonds is 0. The number of imidazole rings is 1. The molecule has 0 spiro atoms. The predicted octanol–water partition coefficient (Wildman–Crippen LogP) is -0.343. The summed E-state index contributed by atoms with van der Waals surface area (Å²) < 4.78 is 1.70. The Balaban J connectivity index is 3.06. The molecule has 5 heteroatoms. The average molecular weight is 150 g/mol. The summed E-state index contributed by atoms with van der Waals surface area (Å²) in [6, 6.07) is 0. The molecule has 1 N–H and O–H groups in total. The summed E-state index contributed by atoms with van der Waals surface area (Å²) >= 11 is 0. The van der Waals surface area contributed by atoms with Crippen LogP contribution in [0.2, 0.25) is 0 Å². The van der Waals surface area contributed by atoms with E-state index in [1.807, 2.05) is 0 Å². The molecule has 0 aliphatic rings. The highest BCUT2D eigenvalue weighted by atomic mass is 16.1. The molecule has 0 aliphatic heterocycles. The Bertz CT molecular complexity index is 441. The molecule has 0 saturated carbocycles.